The molecule has 1 atom stereocenters. The first-order chi connectivity index (χ1) is 15.4. The van der Waals surface area contributed by atoms with Crippen LogP contribution in [0.15, 0.2) is 41.0 Å². The highest BCUT2D eigenvalue weighted by Gasteiger charge is 2.20. The zero-order chi connectivity index (χ0) is 22.7. The summed E-state index contributed by atoms with van der Waals surface area (Å²) >= 11 is 0. The molecule has 3 aromatic rings. The van der Waals surface area contributed by atoms with Gasteiger partial charge in [0, 0.05) is 30.3 Å². The zero-order valence-corrected chi connectivity index (χ0v) is 19.1. The summed E-state index contributed by atoms with van der Waals surface area (Å²) in [6.45, 7) is 2.98. The Balaban J connectivity index is 1.62. The van der Waals surface area contributed by atoms with Gasteiger partial charge < -0.3 is 15.4 Å². The number of carbonyl (C=O) groups is 1. The standard InChI is InChI=1S/C23H26FN5O2S/c1-14-8-17(29-32(2)3)11-19-22(14)23(27-13-26-19)28-18-5-4-16(24)10-20(18)31-12-15-6-7-25-21(30)9-15/h4-5,8,10-11,13,15H,6-7,9,12H2,1-3H3,(H,25,30)(H,26,27,28). The quantitative estimate of drug-likeness (QED) is 0.574. The van der Waals surface area contributed by atoms with Crippen molar-refractivity contribution < 1.29 is 13.9 Å². The number of hydrogen-bond acceptors (Lipinski definition) is 6. The number of rotatable bonds is 6. The first kappa shape index (κ1) is 22.1. The molecule has 1 aromatic heterocycles. The molecule has 32 heavy (non-hydrogen) atoms. The molecule has 2 N–H and O–H groups in total. The minimum absolute atomic E-state index is 0.0227. The molecule has 1 unspecified atom stereocenters. The molecule has 2 heterocycles. The Labute approximate surface area is 188 Å². The van der Waals surface area contributed by atoms with E-state index in [9.17, 15) is 9.18 Å². The average Bonchev–Trinajstić information content (AvgIpc) is 2.73. The van der Waals surface area contributed by atoms with Gasteiger partial charge in [0.15, 0.2) is 0 Å². The number of benzene rings is 2. The van der Waals surface area contributed by atoms with E-state index in [1.54, 1.807) is 6.07 Å². The van der Waals surface area contributed by atoms with Crippen molar-refractivity contribution in [2.75, 3.05) is 31.0 Å². The molecule has 0 bridgehead atoms. The Morgan fingerprint density at radius 1 is 1.28 bits per heavy atom. The van der Waals surface area contributed by atoms with Crippen LogP contribution < -0.4 is 15.4 Å². The number of piperidine rings is 1. The van der Waals surface area contributed by atoms with Crippen molar-refractivity contribution in [3.8, 4) is 5.75 Å². The summed E-state index contributed by atoms with van der Waals surface area (Å²) < 4.78 is 24.6. The molecule has 9 heteroatoms. The van der Waals surface area contributed by atoms with E-state index in [4.69, 9.17) is 4.74 Å². The summed E-state index contributed by atoms with van der Waals surface area (Å²) in [6, 6.07) is 8.31. The topological polar surface area (TPSA) is 88.5 Å². The highest BCUT2D eigenvalue weighted by molar-refractivity contribution is 7.85. The minimum atomic E-state index is -0.392. The van der Waals surface area contributed by atoms with Crippen LogP contribution in [0.5, 0.6) is 5.75 Å². The van der Waals surface area contributed by atoms with E-state index in [2.05, 4.69) is 37.5 Å². The van der Waals surface area contributed by atoms with Crippen molar-refractivity contribution in [3.05, 3.63) is 48.0 Å². The van der Waals surface area contributed by atoms with Crippen molar-refractivity contribution in [3.63, 3.8) is 0 Å². The maximum absolute atomic E-state index is 14.0. The van der Waals surface area contributed by atoms with Crippen LogP contribution in [0, 0.1) is 18.7 Å². The fourth-order valence-corrected chi connectivity index (χ4v) is 4.31. The third-order valence-electron chi connectivity index (χ3n) is 5.23. The van der Waals surface area contributed by atoms with E-state index in [1.807, 2.05) is 19.1 Å². The van der Waals surface area contributed by atoms with Crippen molar-refractivity contribution in [2.45, 2.75) is 19.8 Å². The van der Waals surface area contributed by atoms with E-state index in [-0.39, 0.29) is 22.5 Å². The Morgan fingerprint density at radius 3 is 2.91 bits per heavy atom. The molecule has 0 spiro atoms. The van der Waals surface area contributed by atoms with Crippen LogP contribution in [0.25, 0.3) is 10.9 Å². The van der Waals surface area contributed by atoms with Crippen LogP contribution in [-0.4, -0.2) is 41.5 Å². The van der Waals surface area contributed by atoms with Crippen LogP contribution in [0.3, 0.4) is 0 Å². The lowest BCUT2D eigenvalue weighted by atomic mass is 9.99. The maximum Gasteiger partial charge on any atom is 0.220 e. The number of amides is 1. The first-order valence-corrected chi connectivity index (χ1v) is 12.4. The lowest BCUT2D eigenvalue weighted by Gasteiger charge is -2.23. The van der Waals surface area contributed by atoms with E-state index >= 15 is 0 Å². The second-order valence-electron chi connectivity index (χ2n) is 8.03. The molecule has 1 aliphatic rings. The van der Waals surface area contributed by atoms with Gasteiger partial charge in [-0.3, -0.25) is 4.79 Å². The van der Waals surface area contributed by atoms with Crippen LogP contribution in [-0.2, 0) is 15.5 Å². The predicted molar refractivity (Wildman–Crippen MR) is 126 cm³/mol. The fraction of sp³-hybridized carbons (Fsp3) is 0.348. The van der Waals surface area contributed by atoms with Crippen LogP contribution in [0.4, 0.5) is 21.6 Å². The molecule has 0 aliphatic carbocycles. The van der Waals surface area contributed by atoms with Gasteiger partial charge in [0.25, 0.3) is 0 Å². The summed E-state index contributed by atoms with van der Waals surface area (Å²) in [7, 11) is -0.0781. The average molecular weight is 456 g/mol. The molecule has 7 nitrogen and oxygen atoms in total. The second-order valence-corrected chi connectivity index (χ2v) is 9.76. The Morgan fingerprint density at radius 2 is 2.12 bits per heavy atom. The first-order valence-electron chi connectivity index (χ1n) is 10.4. The molecular weight excluding hydrogens is 429 g/mol. The predicted octanol–water partition coefficient (Wildman–Crippen LogP) is 4.42. The van der Waals surface area contributed by atoms with E-state index in [1.165, 1.54) is 18.5 Å². The summed E-state index contributed by atoms with van der Waals surface area (Å²) in [6.07, 6.45) is 6.86. The summed E-state index contributed by atoms with van der Waals surface area (Å²) in [5.74, 6) is 0.726. The number of ether oxygens (including phenoxy) is 1. The van der Waals surface area contributed by atoms with Gasteiger partial charge in [-0.2, -0.15) is 0 Å². The molecule has 1 fully saturated rings. The summed E-state index contributed by atoms with van der Waals surface area (Å²) in [4.78, 5) is 20.5. The number of nitrogens with one attached hydrogen (secondary N) is 2. The number of anilines is 2. The van der Waals surface area contributed by atoms with Gasteiger partial charge >= 0.3 is 0 Å². The Hall–Kier alpha value is -3.07. The van der Waals surface area contributed by atoms with Crippen molar-refractivity contribution in [2.24, 2.45) is 10.3 Å². The van der Waals surface area contributed by atoms with E-state index in [0.29, 0.717) is 36.8 Å². The number of aromatic nitrogens is 2. The number of nitrogens with zero attached hydrogens (tertiary/aromatic N) is 3. The Bertz CT molecular complexity index is 1200. The number of aryl methyl sites for hydroxylation is 1. The molecule has 2 aromatic carbocycles. The van der Waals surface area contributed by atoms with Gasteiger partial charge in [0.05, 0.1) is 23.5 Å². The Kier molecular flexibility index (Phi) is 6.64. The fourth-order valence-electron chi connectivity index (χ4n) is 3.78. The van der Waals surface area contributed by atoms with Gasteiger partial charge in [-0.15, -0.1) is 10.7 Å². The van der Waals surface area contributed by atoms with Crippen LogP contribution in [0.2, 0.25) is 0 Å². The van der Waals surface area contributed by atoms with Crippen LogP contribution >= 0.6 is 0 Å². The molecule has 1 saturated heterocycles. The van der Waals surface area contributed by atoms with Crippen molar-refractivity contribution in [1.82, 2.24) is 15.3 Å². The third kappa shape index (κ3) is 5.21. The lowest BCUT2D eigenvalue weighted by Crippen LogP contribution is -2.35. The van der Waals surface area contributed by atoms with Gasteiger partial charge in [0.1, 0.15) is 23.7 Å². The molecule has 1 amide bonds. The van der Waals surface area contributed by atoms with Gasteiger partial charge in [0.2, 0.25) is 5.91 Å². The number of carbonyl (C=O) groups excluding carboxylic acids is 1. The molecular formula is C23H26FN5O2S. The van der Waals surface area contributed by atoms with Gasteiger partial charge in [-0.1, -0.05) is 0 Å². The molecule has 168 valence electrons. The lowest BCUT2D eigenvalue weighted by molar-refractivity contribution is -0.123. The van der Waals surface area contributed by atoms with Gasteiger partial charge in [-0.25, -0.2) is 18.7 Å². The van der Waals surface area contributed by atoms with Crippen molar-refractivity contribution in [1.29, 1.82) is 0 Å². The molecule has 4 rings (SSSR count). The summed E-state index contributed by atoms with van der Waals surface area (Å²) in [5.41, 5.74) is 3.26. The SMILES string of the molecule is Cc1cc(N=S(C)C)cc2ncnc(Nc3ccc(F)cc3OCC3CCNC(=O)C3)c12. The molecule has 0 saturated carbocycles. The normalized spacial score (nSPS) is 16.2. The van der Waals surface area contributed by atoms with E-state index < -0.39 is 5.82 Å². The molecule has 1 aliphatic heterocycles. The summed E-state index contributed by atoms with van der Waals surface area (Å²) in [5, 5.41) is 6.97. The highest BCUT2D eigenvalue weighted by atomic mass is 32.2. The van der Waals surface area contributed by atoms with Gasteiger partial charge in [-0.05, 0) is 55.7 Å². The number of halogens is 1. The van der Waals surface area contributed by atoms with Crippen LogP contribution in [0.1, 0.15) is 18.4 Å². The molecule has 0 radical (unpaired) electrons. The second kappa shape index (κ2) is 9.60. The number of hydrogen-bond donors (Lipinski definition) is 2. The third-order valence-corrected chi connectivity index (χ3v) is 5.80. The zero-order valence-electron chi connectivity index (χ0n) is 18.3. The highest BCUT2D eigenvalue weighted by Crippen LogP contribution is 2.34. The monoisotopic (exact) mass is 455 g/mol. The maximum atomic E-state index is 14.0. The van der Waals surface area contributed by atoms with E-state index in [0.717, 1.165) is 28.6 Å². The smallest absolute Gasteiger partial charge is 0.220 e. The largest absolute Gasteiger partial charge is 0.491 e. The minimum Gasteiger partial charge on any atom is -0.491 e. The van der Waals surface area contributed by atoms with Crippen molar-refractivity contribution >= 4 is 44.7 Å². The number of fused-ring (bicyclic) bond motifs is 1.